The summed E-state index contributed by atoms with van der Waals surface area (Å²) in [6.07, 6.45) is -0.148. The molecule has 0 aliphatic carbocycles. The second-order valence-corrected chi connectivity index (χ2v) is 5.05. The number of aryl methyl sites for hydroxylation is 1. The third-order valence-electron chi connectivity index (χ3n) is 3.25. The molecule has 0 aliphatic heterocycles. The summed E-state index contributed by atoms with van der Waals surface area (Å²) in [7, 11) is 1.49. The Bertz CT molecular complexity index is 743. The van der Waals surface area contributed by atoms with Gasteiger partial charge in [-0.15, -0.1) is 0 Å². The fourth-order valence-electron chi connectivity index (χ4n) is 1.96. The minimum Gasteiger partial charge on any atom is -0.481 e. The Morgan fingerprint density at radius 3 is 2.50 bits per heavy atom. The van der Waals surface area contributed by atoms with E-state index in [2.05, 4.69) is 5.10 Å². The Hall–Kier alpha value is -2.83. The lowest BCUT2D eigenvalue weighted by Crippen LogP contribution is -2.29. The van der Waals surface area contributed by atoms with E-state index in [1.54, 1.807) is 12.1 Å². The lowest BCUT2D eigenvalue weighted by Gasteiger charge is -2.14. The number of H-pyrrole nitrogens is 1. The summed E-state index contributed by atoms with van der Waals surface area (Å²) in [6, 6.07) is 8.48. The number of hydrogen-bond acceptors (Lipinski definition) is 3. The Morgan fingerprint density at radius 1 is 1.27 bits per heavy atom. The summed E-state index contributed by atoms with van der Waals surface area (Å²) in [5.41, 5.74) is 1.47. The van der Waals surface area contributed by atoms with Gasteiger partial charge in [0.25, 0.3) is 11.5 Å². The van der Waals surface area contributed by atoms with Gasteiger partial charge in [0.15, 0.2) is 0 Å². The third kappa shape index (κ3) is 3.43. The molecule has 1 aromatic heterocycles. The van der Waals surface area contributed by atoms with Crippen LogP contribution in [-0.2, 0) is 4.79 Å². The number of rotatable bonds is 5. The highest BCUT2D eigenvalue weighted by atomic mass is 16.4. The Kier molecular flexibility index (Phi) is 4.45. The number of nitrogens with one attached hydrogen (secondary N) is 1. The standard InChI is InChI=1S/C15H17N3O4/c1-10-3-5-11(6-4-10)18-13(19)9-12(16-18)15(22)17(2)8-7-14(20)21/h3-6,9,16H,7-8H2,1-2H3,(H,20,21). The highest BCUT2D eigenvalue weighted by molar-refractivity contribution is 5.92. The number of benzene rings is 1. The molecule has 0 fully saturated rings. The van der Waals surface area contributed by atoms with Crippen molar-refractivity contribution in [2.45, 2.75) is 13.3 Å². The van der Waals surface area contributed by atoms with Gasteiger partial charge in [-0.05, 0) is 19.1 Å². The topological polar surface area (TPSA) is 95.4 Å². The zero-order valence-electron chi connectivity index (χ0n) is 12.4. The molecule has 0 unspecified atom stereocenters. The maximum absolute atomic E-state index is 12.2. The van der Waals surface area contributed by atoms with E-state index >= 15 is 0 Å². The maximum atomic E-state index is 12.2. The summed E-state index contributed by atoms with van der Waals surface area (Å²) in [6.45, 7) is 2.01. The van der Waals surface area contributed by atoms with Crippen LogP contribution in [0.2, 0.25) is 0 Å². The number of hydrogen-bond donors (Lipinski definition) is 2. The molecular weight excluding hydrogens is 286 g/mol. The number of carbonyl (C=O) groups is 2. The minimum absolute atomic E-state index is 0.0753. The van der Waals surface area contributed by atoms with Gasteiger partial charge in [-0.3, -0.25) is 19.5 Å². The summed E-state index contributed by atoms with van der Waals surface area (Å²) >= 11 is 0. The van der Waals surface area contributed by atoms with Crippen molar-refractivity contribution in [2.24, 2.45) is 0 Å². The van der Waals surface area contributed by atoms with Crippen LogP contribution in [0, 0.1) is 6.92 Å². The number of nitrogens with zero attached hydrogens (tertiary/aromatic N) is 2. The van der Waals surface area contributed by atoms with Crippen LogP contribution >= 0.6 is 0 Å². The fraction of sp³-hybridized carbons (Fsp3) is 0.267. The van der Waals surface area contributed by atoms with E-state index in [0.717, 1.165) is 5.56 Å². The monoisotopic (exact) mass is 303 g/mol. The van der Waals surface area contributed by atoms with Gasteiger partial charge in [0.1, 0.15) is 5.69 Å². The molecule has 0 saturated heterocycles. The van der Waals surface area contributed by atoms with Gasteiger partial charge in [0.2, 0.25) is 0 Å². The maximum Gasteiger partial charge on any atom is 0.305 e. The van der Waals surface area contributed by atoms with Crippen LogP contribution in [0.25, 0.3) is 5.69 Å². The molecule has 1 amide bonds. The summed E-state index contributed by atoms with van der Waals surface area (Å²) < 4.78 is 1.28. The molecule has 1 heterocycles. The first-order valence-corrected chi connectivity index (χ1v) is 6.75. The van der Waals surface area contributed by atoms with Crippen LogP contribution in [0.15, 0.2) is 35.1 Å². The van der Waals surface area contributed by atoms with E-state index in [-0.39, 0.29) is 24.2 Å². The molecule has 2 N–H and O–H groups in total. The van der Waals surface area contributed by atoms with Crippen LogP contribution < -0.4 is 5.56 Å². The van der Waals surface area contributed by atoms with Crippen molar-refractivity contribution >= 4 is 11.9 Å². The van der Waals surface area contributed by atoms with Gasteiger partial charge in [0.05, 0.1) is 12.1 Å². The molecule has 116 valence electrons. The molecule has 0 bridgehead atoms. The summed E-state index contributed by atoms with van der Waals surface area (Å²) in [5.74, 6) is -1.41. The van der Waals surface area contributed by atoms with Crippen molar-refractivity contribution in [3.63, 3.8) is 0 Å². The van der Waals surface area contributed by atoms with Crippen LogP contribution in [-0.4, -0.2) is 45.3 Å². The van der Waals surface area contributed by atoms with E-state index < -0.39 is 11.9 Å². The molecular formula is C15H17N3O4. The first-order valence-electron chi connectivity index (χ1n) is 6.75. The molecule has 22 heavy (non-hydrogen) atoms. The molecule has 0 atom stereocenters. The van der Waals surface area contributed by atoms with E-state index in [4.69, 9.17) is 5.11 Å². The van der Waals surface area contributed by atoms with Gasteiger partial charge in [-0.25, -0.2) is 4.68 Å². The fourth-order valence-corrected chi connectivity index (χ4v) is 1.96. The van der Waals surface area contributed by atoms with Crippen molar-refractivity contribution in [3.8, 4) is 5.69 Å². The molecule has 0 radical (unpaired) electrons. The van der Waals surface area contributed by atoms with Crippen LogP contribution in [0.3, 0.4) is 0 Å². The first-order chi connectivity index (χ1) is 10.4. The molecule has 7 nitrogen and oxygen atoms in total. The minimum atomic E-state index is -0.981. The number of aromatic amines is 1. The number of amides is 1. The van der Waals surface area contributed by atoms with Crippen LogP contribution in [0.4, 0.5) is 0 Å². The van der Waals surface area contributed by atoms with E-state index in [1.165, 1.54) is 22.7 Å². The molecule has 0 aliphatic rings. The molecule has 2 aromatic rings. The van der Waals surface area contributed by atoms with Crippen molar-refractivity contribution in [2.75, 3.05) is 13.6 Å². The highest BCUT2D eigenvalue weighted by Crippen LogP contribution is 2.07. The molecule has 1 aromatic carbocycles. The average molecular weight is 303 g/mol. The Labute approximate surface area is 126 Å². The third-order valence-corrected chi connectivity index (χ3v) is 3.25. The van der Waals surface area contributed by atoms with E-state index in [9.17, 15) is 14.4 Å². The molecule has 0 spiro atoms. The predicted molar refractivity (Wildman–Crippen MR) is 80.3 cm³/mol. The summed E-state index contributed by atoms with van der Waals surface area (Å²) in [5, 5.41) is 11.4. The summed E-state index contributed by atoms with van der Waals surface area (Å²) in [4.78, 5) is 35.9. The molecule has 0 saturated carbocycles. The van der Waals surface area contributed by atoms with Gasteiger partial charge in [-0.2, -0.15) is 0 Å². The first kappa shape index (κ1) is 15.6. The number of carbonyl (C=O) groups excluding carboxylic acids is 1. The predicted octanol–water partition coefficient (Wildman–Crippen LogP) is 1.02. The number of aromatic nitrogens is 2. The molecule has 7 heteroatoms. The number of carboxylic acids is 1. The van der Waals surface area contributed by atoms with Gasteiger partial charge >= 0.3 is 5.97 Å². The van der Waals surface area contributed by atoms with Crippen LogP contribution in [0.5, 0.6) is 0 Å². The lowest BCUT2D eigenvalue weighted by molar-refractivity contribution is -0.137. The zero-order valence-corrected chi connectivity index (χ0v) is 12.4. The zero-order chi connectivity index (χ0) is 16.3. The Balaban J connectivity index is 2.22. The SMILES string of the molecule is Cc1ccc(-n2[nH]c(C(=O)N(C)CCC(=O)O)cc2=O)cc1. The van der Waals surface area contributed by atoms with Crippen molar-refractivity contribution in [1.82, 2.24) is 14.7 Å². The quantitative estimate of drug-likeness (QED) is 0.862. The van der Waals surface area contributed by atoms with E-state index in [0.29, 0.717) is 5.69 Å². The average Bonchev–Trinajstić information content (AvgIpc) is 2.86. The van der Waals surface area contributed by atoms with Gasteiger partial charge in [-0.1, -0.05) is 17.7 Å². The largest absolute Gasteiger partial charge is 0.481 e. The smallest absolute Gasteiger partial charge is 0.305 e. The number of aliphatic carboxylic acids is 1. The normalized spacial score (nSPS) is 10.5. The van der Waals surface area contributed by atoms with Crippen molar-refractivity contribution in [3.05, 3.63) is 51.9 Å². The van der Waals surface area contributed by atoms with Crippen molar-refractivity contribution < 1.29 is 14.7 Å². The Morgan fingerprint density at radius 2 is 1.91 bits per heavy atom. The second kappa shape index (κ2) is 6.30. The lowest BCUT2D eigenvalue weighted by atomic mass is 10.2. The van der Waals surface area contributed by atoms with E-state index in [1.807, 2.05) is 19.1 Å². The van der Waals surface area contributed by atoms with Crippen LogP contribution in [0.1, 0.15) is 22.5 Å². The van der Waals surface area contributed by atoms with Gasteiger partial charge < -0.3 is 10.0 Å². The second-order valence-electron chi connectivity index (χ2n) is 5.05. The van der Waals surface area contributed by atoms with Gasteiger partial charge in [0, 0.05) is 19.7 Å². The number of carboxylic acid groups (broad SMARTS) is 1. The van der Waals surface area contributed by atoms with Crippen molar-refractivity contribution in [1.29, 1.82) is 0 Å². The highest BCUT2D eigenvalue weighted by Gasteiger charge is 2.16. The molecule has 2 rings (SSSR count).